The first-order valence-corrected chi connectivity index (χ1v) is 12.6. The molecule has 7 nitrogen and oxygen atoms in total. The van der Waals surface area contributed by atoms with Gasteiger partial charge >= 0.3 is 16.1 Å². The maximum atomic E-state index is 12.9. The van der Waals surface area contributed by atoms with Crippen LogP contribution in [-0.4, -0.2) is 38.0 Å². The van der Waals surface area contributed by atoms with E-state index in [2.05, 4.69) is 5.32 Å². The molecule has 0 aromatic heterocycles. The van der Waals surface area contributed by atoms with Crippen LogP contribution in [0, 0.1) is 0 Å². The van der Waals surface area contributed by atoms with E-state index < -0.39 is 15.7 Å². The molecule has 1 unspecified atom stereocenters. The molecular formula is C23H30Cl2N2O5S. The Morgan fingerprint density at radius 1 is 1.09 bits per heavy atom. The molecule has 2 amide bonds. The molecule has 0 heterocycles. The summed E-state index contributed by atoms with van der Waals surface area (Å²) in [5, 5.41) is 3.30. The number of rotatable bonds is 8. The Kier molecular flexibility index (Phi) is 8.90. The molecule has 10 heteroatoms. The summed E-state index contributed by atoms with van der Waals surface area (Å²) in [6.45, 7) is 9.93. The van der Waals surface area contributed by atoms with Gasteiger partial charge in [0.25, 0.3) is 0 Å². The van der Waals surface area contributed by atoms with Crippen molar-refractivity contribution in [2.75, 3.05) is 7.11 Å². The van der Waals surface area contributed by atoms with Gasteiger partial charge in [-0.25, -0.2) is 4.79 Å². The molecule has 0 bridgehead atoms. The number of halogens is 2. The number of ether oxygens (including phenoxy) is 1. The molecule has 33 heavy (non-hydrogen) atoms. The van der Waals surface area contributed by atoms with E-state index in [-0.39, 0.29) is 45.1 Å². The lowest BCUT2D eigenvalue weighted by Gasteiger charge is -2.32. The van der Waals surface area contributed by atoms with Gasteiger partial charge in [-0.15, -0.1) is 0 Å². The molecule has 0 aliphatic heterocycles. The summed E-state index contributed by atoms with van der Waals surface area (Å²) in [6, 6.07) is 8.57. The zero-order chi connectivity index (χ0) is 25.0. The van der Waals surface area contributed by atoms with Crippen molar-refractivity contribution >= 4 is 39.4 Å². The number of carbonyl (C=O) groups excluding carboxylic acids is 1. The summed E-state index contributed by atoms with van der Waals surface area (Å²) in [5.41, 5.74) is 0.282. The third-order valence-electron chi connectivity index (χ3n) is 4.83. The minimum Gasteiger partial charge on any atom is -0.493 e. The lowest BCUT2D eigenvalue weighted by atomic mass is 10.1. The van der Waals surface area contributed by atoms with Crippen molar-refractivity contribution in [2.24, 2.45) is 0 Å². The van der Waals surface area contributed by atoms with Crippen molar-refractivity contribution in [3.8, 4) is 11.5 Å². The molecule has 1 N–H and O–H groups in total. The monoisotopic (exact) mass is 516 g/mol. The molecule has 1 atom stereocenters. The predicted octanol–water partition coefficient (Wildman–Crippen LogP) is 5.88. The van der Waals surface area contributed by atoms with Crippen molar-refractivity contribution in [2.45, 2.75) is 64.1 Å². The normalized spacial score (nSPS) is 12.7. The van der Waals surface area contributed by atoms with Crippen LogP contribution in [0.2, 0.25) is 10.0 Å². The number of carbonyl (C=O) groups is 1. The first kappa shape index (κ1) is 27.1. The van der Waals surface area contributed by atoms with Crippen LogP contribution in [0.1, 0.15) is 46.6 Å². The van der Waals surface area contributed by atoms with E-state index in [9.17, 15) is 13.2 Å². The Balaban J connectivity index is 2.37. The summed E-state index contributed by atoms with van der Waals surface area (Å²) >= 11 is 11.8. The van der Waals surface area contributed by atoms with Gasteiger partial charge in [0.1, 0.15) is 4.90 Å². The Morgan fingerprint density at radius 2 is 1.76 bits per heavy atom. The predicted molar refractivity (Wildman–Crippen MR) is 131 cm³/mol. The molecule has 2 aromatic carbocycles. The Bertz CT molecular complexity index is 1100. The van der Waals surface area contributed by atoms with Crippen molar-refractivity contribution in [1.82, 2.24) is 10.2 Å². The van der Waals surface area contributed by atoms with Crippen molar-refractivity contribution in [3.63, 3.8) is 0 Å². The van der Waals surface area contributed by atoms with Gasteiger partial charge in [0, 0.05) is 18.1 Å². The highest BCUT2D eigenvalue weighted by atomic mass is 35.5. The SMILES string of the molecule is CCC(C)N(Cc1ccc(OC)c(OS(=O)(=O)c2ccc(Cl)c(Cl)c2)c1)C(=O)NC(C)(C)C. The van der Waals surface area contributed by atoms with E-state index in [0.29, 0.717) is 5.56 Å². The minimum absolute atomic E-state index is 0.00130. The van der Waals surface area contributed by atoms with Crippen LogP contribution in [0.3, 0.4) is 0 Å². The number of hydrogen-bond donors (Lipinski definition) is 1. The number of amides is 2. The van der Waals surface area contributed by atoms with E-state index in [1.165, 1.54) is 25.3 Å². The van der Waals surface area contributed by atoms with E-state index in [4.69, 9.17) is 32.1 Å². The van der Waals surface area contributed by atoms with E-state index in [0.717, 1.165) is 6.42 Å². The van der Waals surface area contributed by atoms with Crippen molar-refractivity contribution in [1.29, 1.82) is 0 Å². The smallest absolute Gasteiger partial charge is 0.339 e. The molecule has 2 rings (SSSR count). The van der Waals surface area contributed by atoms with Gasteiger partial charge in [0.05, 0.1) is 17.2 Å². The van der Waals surface area contributed by atoms with Crippen LogP contribution in [0.25, 0.3) is 0 Å². The summed E-state index contributed by atoms with van der Waals surface area (Å²) in [6.07, 6.45) is 0.753. The molecule has 0 fully saturated rings. The van der Waals surface area contributed by atoms with Crippen molar-refractivity contribution in [3.05, 3.63) is 52.0 Å². The topological polar surface area (TPSA) is 84.9 Å². The molecule has 0 aliphatic carbocycles. The van der Waals surface area contributed by atoms with E-state index in [1.807, 2.05) is 34.6 Å². The van der Waals surface area contributed by atoms with Gasteiger partial charge in [-0.2, -0.15) is 8.42 Å². The third-order valence-corrected chi connectivity index (χ3v) is 6.80. The standard InChI is InChI=1S/C23H30Cl2N2O5S/c1-7-15(2)27(22(28)26-23(3,4)5)14-16-8-11-20(31-6)21(12-16)32-33(29,30)17-9-10-18(24)19(25)13-17/h8-13,15H,7,14H2,1-6H3,(H,26,28). The highest BCUT2D eigenvalue weighted by molar-refractivity contribution is 7.87. The molecule has 0 radical (unpaired) electrons. The first-order valence-electron chi connectivity index (χ1n) is 10.4. The number of urea groups is 1. The minimum atomic E-state index is -4.21. The number of hydrogen-bond acceptors (Lipinski definition) is 5. The second kappa shape index (κ2) is 10.8. The second-order valence-corrected chi connectivity index (χ2v) is 11.0. The van der Waals surface area contributed by atoms with E-state index >= 15 is 0 Å². The molecule has 0 aliphatic rings. The summed E-state index contributed by atoms with van der Waals surface area (Å²) < 4.78 is 36.3. The number of benzene rings is 2. The Labute approximate surface area is 206 Å². The van der Waals surface area contributed by atoms with Gasteiger partial charge in [0.15, 0.2) is 11.5 Å². The Hall–Kier alpha value is -2.16. The number of nitrogens with zero attached hydrogens (tertiary/aromatic N) is 1. The molecule has 0 saturated heterocycles. The van der Waals surface area contributed by atoms with Crippen LogP contribution < -0.4 is 14.2 Å². The molecule has 182 valence electrons. The fourth-order valence-electron chi connectivity index (χ4n) is 2.92. The first-order chi connectivity index (χ1) is 15.3. The maximum Gasteiger partial charge on any atom is 0.339 e. The average molecular weight is 517 g/mol. The van der Waals surface area contributed by atoms with Crippen LogP contribution in [-0.2, 0) is 16.7 Å². The summed E-state index contributed by atoms with van der Waals surface area (Å²) in [4.78, 5) is 14.4. The van der Waals surface area contributed by atoms with Gasteiger partial charge in [0.2, 0.25) is 0 Å². The Morgan fingerprint density at radius 3 is 2.30 bits per heavy atom. The largest absolute Gasteiger partial charge is 0.493 e. The maximum absolute atomic E-state index is 12.9. The van der Waals surface area contributed by atoms with Crippen LogP contribution >= 0.6 is 23.2 Å². The van der Waals surface area contributed by atoms with Gasteiger partial charge < -0.3 is 19.1 Å². The fourth-order valence-corrected chi connectivity index (χ4v) is 4.24. The molecule has 0 saturated carbocycles. The lowest BCUT2D eigenvalue weighted by Crippen LogP contribution is -2.50. The average Bonchev–Trinajstić information content (AvgIpc) is 2.72. The molecule has 0 spiro atoms. The number of nitrogens with one attached hydrogen (secondary N) is 1. The van der Waals surface area contributed by atoms with Gasteiger partial charge in [-0.05, 0) is 70.0 Å². The lowest BCUT2D eigenvalue weighted by molar-refractivity contribution is 0.165. The zero-order valence-corrected chi connectivity index (χ0v) is 21.9. The van der Waals surface area contributed by atoms with Crippen molar-refractivity contribution < 1.29 is 22.1 Å². The quantitative estimate of drug-likeness (QED) is 0.442. The molecule has 2 aromatic rings. The zero-order valence-electron chi connectivity index (χ0n) is 19.6. The summed E-state index contributed by atoms with van der Waals surface area (Å²) in [7, 11) is -2.80. The van der Waals surface area contributed by atoms with Gasteiger partial charge in [-0.1, -0.05) is 36.2 Å². The van der Waals surface area contributed by atoms with Crippen LogP contribution in [0.15, 0.2) is 41.3 Å². The summed E-state index contributed by atoms with van der Waals surface area (Å²) in [5.74, 6) is 0.234. The van der Waals surface area contributed by atoms with E-state index in [1.54, 1.807) is 23.1 Å². The molecular weight excluding hydrogens is 487 g/mol. The second-order valence-electron chi connectivity index (χ2n) is 8.66. The number of methoxy groups -OCH3 is 1. The van der Waals surface area contributed by atoms with Crippen LogP contribution in [0.4, 0.5) is 4.79 Å². The van der Waals surface area contributed by atoms with Gasteiger partial charge in [-0.3, -0.25) is 0 Å². The third kappa shape index (κ3) is 7.42. The fraction of sp³-hybridized carbons (Fsp3) is 0.435. The highest BCUT2D eigenvalue weighted by Gasteiger charge is 2.25. The van der Waals surface area contributed by atoms with Crippen LogP contribution in [0.5, 0.6) is 11.5 Å². The highest BCUT2D eigenvalue weighted by Crippen LogP contribution is 2.33.